The number of aromatic nitrogens is 3. The van der Waals surface area contributed by atoms with E-state index in [0.717, 1.165) is 49.9 Å². The zero-order valence-electron chi connectivity index (χ0n) is 12.5. The molecular formula is C14H25ClN4OS. The van der Waals surface area contributed by atoms with E-state index in [4.69, 9.17) is 0 Å². The highest BCUT2D eigenvalue weighted by atomic mass is 35.5. The van der Waals surface area contributed by atoms with Crippen molar-refractivity contribution < 1.29 is 5.11 Å². The van der Waals surface area contributed by atoms with Gasteiger partial charge in [-0.05, 0) is 32.4 Å². The van der Waals surface area contributed by atoms with Crippen LogP contribution in [0.5, 0.6) is 0 Å². The summed E-state index contributed by atoms with van der Waals surface area (Å²) in [6, 6.07) is 0. The van der Waals surface area contributed by atoms with Gasteiger partial charge in [0.15, 0.2) is 5.16 Å². The fourth-order valence-corrected chi connectivity index (χ4v) is 3.38. The Hall–Kier alpha value is -0.560. The van der Waals surface area contributed by atoms with Crippen LogP contribution < -0.4 is 5.32 Å². The number of thioether (sulfide) groups is 1. The second-order valence-corrected chi connectivity index (χ2v) is 6.12. The lowest BCUT2D eigenvalue weighted by Gasteiger charge is -2.22. The maximum atomic E-state index is 9.69. The minimum atomic E-state index is -0.281. The lowest BCUT2D eigenvalue weighted by Crippen LogP contribution is -2.28. The van der Waals surface area contributed by atoms with Crippen molar-refractivity contribution in [2.24, 2.45) is 0 Å². The van der Waals surface area contributed by atoms with Crippen LogP contribution in [0.2, 0.25) is 0 Å². The van der Waals surface area contributed by atoms with E-state index in [9.17, 15) is 5.11 Å². The Morgan fingerprint density at radius 3 is 2.81 bits per heavy atom. The van der Waals surface area contributed by atoms with Gasteiger partial charge in [0.05, 0.1) is 6.10 Å². The number of nitrogens with zero attached hydrogens (tertiary/aromatic N) is 3. The van der Waals surface area contributed by atoms with E-state index in [1.807, 2.05) is 13.0 Å². The first kappa shape index (κ1) is 18.5. The van der Waals surface area contributed by atoms with Crippen LogP contribution in [0, 0.1) is 0 Å². The van der Waals surface area contributed by atoms with Crippen molar-refractivity contribution in [2.45, 2.75) is 49.9 Å². The fraction of sp³-hybridized carbons (Fsp3) is 0.714. The first-order chi connectivity index (χ1) is 9.76. The average molecular weight is 333 g/mol. The number of hydrogen-bond donors (Lipinski definition) is 2. The second kappa shape index (κ2) is 9.46. The van der Waals surface area contributed by atoms with Gasteiger partial charge in [-0.3, -0.25) is 0 Å². The third-order valence-electron chi connectivity index (χ3n) is 3.64. The Morgan fingerprint density at radius 2 is 2.19 bits per heavy atom. The molecule has 0 amide bonds. The van der Waals surface area contributed by atoms with Crippen LogP contribution in [0.4, 0.5) is 0 Å². The molecule has 0 aliphatic carbocycles. The summed E-state index contributed by atoms with van der Waals surface area (Å²) < 4.78 is 2.15. The number of aliphatic hydroxyl groups excluding tert-OH is 1. The molecule has 1 atom stereocenters. The number of halogens is 1. The number of aliphatic hydroxyl groups is 1. The van der Waals surface area contributed by atoms with Crippen molar-refractivity contribution in [2.75, 3.05) is 18.8 Å². The van der Waals surface area contributed by atoms with Gasteiger partial charge in [-0.1, -0.05) is 24.8 Å². The summed E-state index contributed by atoms with van der Waals surface area (Å²) in [7, 11) is 0. The van der Waals surface area contributed by atoms with Crippen LogP contribution in [-0.2, 0) is 6.54 Å². The summed E-state index contributed by atoms with van der Waals surface area (Å²) in [5.74, 6) is 2.21. The quantitative estimate of drug-likeness (QED) is 0.592. The Morgan fingerprint density at radius 1 is 1.48 bits per heavy atom. The first-order valence-electron chi connectivity index (χ1n) is 7.31. The van der Waals surface area contributed by atoms with Crippen LogP contribution in [0.15, 0.2) is 17.8 Å². The maximum absolute atomic E-state index is 9.69. The monoisotopic (exact) mass is 332 g/mol. The summed E-state index contributed by atoms with van der Waals surface area (Å²) in [5.41, 5.74) is 0. The molecule has 2 heterocycles. The minimum Gasteiger partial charge on any atom is -0.392 e. The van der Waals surface area contributed by atoms with Gasteiger partial charge in [0.1, 0.15) is 5.82 Å². The Labute approximate surface area is 137 Å². The molecule has 1 unspecified atom stereocenters. The summed E-state index contributed by atoms with van der Waals surface area (Å²) >= 11 is 1.58. The van der Waals surface area contributed by atoms with Crippen LogP contribution in [-0.4, -0.2) is 44.8 Å². The molecule has 0 saturated carbocycles. The zero-order valence-corrected chi connectivity index (χ0v) is 14.1. The first-order valence-corrected chi connectivity index (χ1v) is 8.30. The highest BCUT2D eigenvalue weighted by Crippen LogP contribution is 2.27. The summed E-state index contributed by atoms with van der Waals surface area (Å²) in [6.07, 6.45) is 4.59. The third kappa shape index (κ3) is 4.98. The Bertz CT molecular complexity index is 435. The van der Waals surface area contributed by atoms with Gasteiger partial charge in [0.2, 0.25) is 0 Å². The van der Waals surface area contributed by atoms with Crippen molar-refractivity contribution >= 4 is 24.2 Å². The van der Waals surface area contributed by atoms with Crippen molar-refractivity contribution in [1.82, 2.24) is 20.1 Å². The molecule has 2 rings (SSSR count). The number of piperidine rings is 1. The molecule has 120 valence electrons. The van der Waals surface area contributed by atoms with E-state index in [1.165, 1.54) is 0 Å². The highest BCUT2D eigenvalue weighted by molar-refractivity contribution is 7.99. The van der Waals surface area contributed by atoms with Gasteiger partial charge < -0.3 is 15.0 Å². The van der Waals surface area contributed by atoms with Crippen molar-refractivity contribution in [3.05, 3.63) is 18.5 Å². The Kier molecular flexibility index (Phi) is 8.33. The molecule has 1 aromatic rings. The number of nitrogens with one attached hydrogen (secondary N) is 1. The van der Waals surface area contributed by atoms with E-state index >= 15 is 0 Å². The van der Waals surface area contributed by atoms with Gasteiger partial charge in [0.25, 0.3) is 0 Å². The smallest absolute Gasteiger partial charge is 0.191 e. The van der Waals surface area contributed by atoms with Crippen LogP contribution >= 0.6 is 24.2 Å². The lowest BCUT2D eigenvalue weighted by molar-refractivity contribution is 0.195. The number of allylic oxidation sites excluding steroid dienone is 1. The largest absolute Gasteiger partial charge is 0.392 e. The van der Waals surface area contributed by atoms with E-state index in [2.05, 4.69) is 26.7 Å². The predicted molar refractivity (Wildman–Crippen MR) is 89.3 cm³/mol. The fourth-order valence-electron chi connectivity index (χ4n) is 2.38. The molecular weight excluding hydrogens is 308 g/mol. The summed E-state index contributed by atoms with van der Waals surface area (Å²) in [5, 5.41) is 22.7. The van der Waals surface area contributed by atoms with E-state index in [-0.39, 0.29) is 18.5 Å². The number of hydrogen-bond acceptors (Lipinski definition) is 5. The van der Waals surface area contributed by atoms with Crippen molar-refractivity contribution in [3.63, 3.8) is 0 Å². The van der Waals surface area contributed by atoms with Crippen molar-refractivity contribution in [1.29, 1.82) is 0 Å². The van der Waals surface area contributed by atoms with Gasteiger partial charge in [-0.15, -0.1) is 29.2 Å². The molecule has 0 spiro atoms. The minimum absolute atomic E-state index is 0. The van der Waals surface area contributed by atoms with Gasteiger partial charge in [-0.2, -0.15) is 0 Å². The molecule has 7 heteroatoms. The van der Waals surface area contributed by atoms with Crippen LogP contribution in [0.1, 0.15) is 37.9 Å². The molecule has 0 radical (unpaired) electrons. The molecule has 1 aromatic heterocycles. The average Bonchev–Trinajstić information content (AvgIpc) is 2.89. The molecule has 1 aliphatic rings. The van der Waals surface area contributed by atoms with Crippen LogP contribution in [0.3, 0.4) is 0 Å². The van der Waals surface area contributed by atoms with Gasteiger partial charge >= 0.3 is 0 Å². The third-order valence-corrected chi connectivity index (χ3v) is 4.75. The topological polar surface area (TPSA) is 63.0 Å². The van der Waals surface area contributed by atoms with Crippen LogP contribution in [0.25, 0.3) is 0 Å². The van der Waals surface area contributed by atoms with Gasteiger partial charge in [-0.25, -0.2) is 0 Å². The molecule has 0 bridgehead atoms. The molecule has 21 heavy (non-hydrogen) atoms. The zero-order chi connectivity index (χ0) is 14.4. The molecule has 1 fully saturated rings. The SMILES string of the molecule is C=CCn1c(SCC(O)CC)nnc1C1CCNCC1.Cl. The number of rotatable bonds is 7. The molecule has 1 aliphatic heterocycles. The van der Waals surface area contributed by atoms with E-state index in [0.29, 0.717) is 11.7 Å². The summed E-state index contributed by atoms with van der Waals surface area (Å²) in [6.45, 7) is 8.63. The lowest BCUT2D eigenvalue weighted by atomic mass is 9.97. The molecule has 5 nitrogen and oxygen atoms in total. The predicted octanol–water partition coefficient (Wildman–Crippen LogP) is 2.22. The molecule has 1 saturated heterocycles. The summed E-state index contributed by atoms with van der Waals surface area (Å²) in [4.78, 5) is 0. The normalized spacial score (nSPS) is 17.2. The molecule has 0 aromatic carbocycles. The standard InChI is InChI=1S/C14H24N4OS.ClH/c1-3-9-18-13(11-5-7-15-8-6-11)16-17-14(18)20-10-12(19)4-2;/h3,11-12,15,19H,1,4-10H2,2H3;1H. The molecule has 2 N–H and O–H groups in total. The van der Waals surface area contributed by atoms with E-state index in [1.54, 1.807) is 11.8 Å². The maximum Gasteiger partial charge on any atom is 0.191 e. The van der Waals surface area contributed by atoms with Gasteiger partial charge in [0, 0.05) is 18.2 Å². The highest BCUT2D eigenvalue weighted by Gasteiger charge is 2.23. The van der Waals surface area contributed by atoms with Crippen molar-refractivity contribution in [3.8, 4) is 0 Å². The van der Waals surface area contributed by atoms with E-state index < -0.39 is 0 Å². The second-order valence-electron chi connectivity index (χ2n) is 5.14. The Balaban J connectivity index is 0.00000220.